The van der Waals surface area contributed by atoms with Gasteiger partial charge in [-0.25, -0.2) is 0 Å². The first-order valence-corrected chi connectivity index (χ1v) is 7.45. The highest BCUT2D eigenvalue weighted by Gasteiger charge is 2.18. The fourth-order valence-electron chi connectivity index (χ4n) is 2.54. The first kappa shape index (κ1) is 17.1. The molecule has 23 heavy (non-hydrogen) atoms. The molecule has 1 aliphatic heterocycles. The minimum atomic E-state index is 0. The Labute approximate surface area is 143 Å². The van der Waals surface area contributed by atoms with Crippen LogP contribution in [0.5, 0.6) is 5.75 Å². The summed E-state index contributed by atoms with van der Waals surface area (Å²) < 4.78 is 5.44. The van der Waals surface area contributed by atoms with Crippen molar-refractivity contribution in [2.24, 2.45) is 5.10 Å². The molecule has 1 saturated heterocycles. The van der Waals surface area contributed by atoms with Gasteiger partial charge in [-0.05, 0) is 24.3 Å². The molecule has 0 aliphatic carbocycles. The highest BCUT2D eigenvalue weighted by atomic mass is 35.5. The van der Waals surface area contributed by atoms with Gasteiger partial charge in [0.2, 0.25) is 0 Å². The van der Waals surface area contributed by atoms with Crippen molar-refractivity contribution in [3.05, 3.63) is 54.4 Å². The lowest BCUT2D eigenvalue weighted by Gasteiger charge is -2.35. The second-order valence-corrected chi connectivity index (χ2v) is 5.11. The van der Waals surface area contributed by atoms with Gasteiger partial charge in [-0.15, -0.1) is 12.4 Å². The number of rotatable bonds is 4. The van der Waals surface area contributed by atoms with Crippen LogP contribution in [0, 0.1) is 0 Å². The Hall–Kier alpha value is -2.27. The van der Waals surface area contributed by atoms with Crippen LogP contribution in [0.25, 0.3) is 0 Å². The Kier molecular flexibility index (Phi) is 6.23. The maximum atomic E-state index is 5.44. The molecule has 0 saturated carbocycles. The maximum Gasteiger partial charge on any atom is 0.142 e. The number of halogens is 1. The van der Waals surface area contributed by atoms with Crippen molar-refractivity contribution in [1.29, 1.82) is 0 Å². The first-order valence-electron chi connectivity index (χ1n) is 7.45. The number of benzene rings is 1. The number of nitrogens with zero attached hydrogens (tertiary/aromatic N) is 4. The smallest absolute Gasteiger partial charge is 0.142 e. The molecule has 6 heteroatoms. The highest BCUT2D eigenvalue weighted by molar-refractivity contribution is 5.85. The zero-order valence-corrected chi connectivity index (χ0v) is 13.9. The van der Waals surface area contributed by atoms with Crippen molar-refractivity contribution in [3.8, 4) is 5.75 Å². The van der Waals surface area contributed by atoms with Crippen molar-refractivity contribution < 1.29 is 4.74 Å². The molecule has 1 aromatic heterocycles. The predicted molar refractivity (Wildman–Crippen MR) is 95.9 cm³/mol. The number of ether oxygens (including phenoxy) is 1. The fourth-order valence-corrected chi connectivity index (χ4v) is 2.54. The lowest BCUT2D eigenvalue weighted by Crippen LogP contribution is -2.44. The predicted octanol–water partition coefficient (Wildman–Crippen LogP) is 2.67. The van der Waals surface area contributed by atoms with Gasteiger partial charge in [-0.1, -0.05) is 18.2 Å². The summed E-state index contributed by atoms with van der Waals surface area (Å²) in [4.78, 5) is 6.58. The Morgan fingerprint density at radius 3 is 2.48 bits per heavy atom. The third kappa shape index (κ3) is 4.36. The van der Waals surface area contributed by atoms with Crippen LogP contribution in [0.1, 0.15) is 5.69 Å². The normalized spacial score (nSPS) is 14.7. The van der Waals surface area contributed by atoms with Gasteiger partial charge in [0.25, 0.3) is 0 Å². The number of anilines is 1. The summed E-state index contributed by atoms with van der Waals surface area (Å²) in [6, 6.07) is 14.0. The number of para-hydroxylation sites is 2. The molecule has 1 aromatic carbocycles. The van der Waals surface area contributed by atoms with E-state index in [2.05, 4.69) is 26.1 Å². The van der Waals surface area contributed by atoms with Crippen LogP contribution in [0.3, 0.4) is 0 Å². The quantitative estimate of drug-likeness (QED) is 0.807. The van der Waals surface area contributed by atoms with Gasteiger partial charge in [-0.2, -0.15) is 5.10 Å². The molecule has 0 unspecified atom stereocenters. The minimum Gasteiger partial charge on any atom is -0.495 e. The van der Waals surface area contributed by atoms with E-state index in [0.717, 1.165) is 43.3 Å². The molecule has 0 amide bonds. The van der Waals surface area contributed by atoms with Crippen molar-refractivity contribution in [3.63, 3.8) is 0 Å². The van der Waals surface area contributed by atoms with Crippen LogP contribution in [-0.4, -0.2) is 49.5 Å². The summed E-state index contributed by atoms with van der Waals surface area (Å²) in [6.07, 6.45) is 3.60. The van der Waals surface area contributed by atoms with Crippen LogP contribution in [-0.2, 0) is 0 Å². The molecule has 0 spiro atoms. The van der Waals surface area contributed by atoms with E-state index < -0.39 is 0 Å². The molecule has 1 fully saturated rings. The molecular formula is C17H21ClN4O. The second kappa shape index (κ2) is 8.39. The van der Waals surface area contributed by atoms with E-state index in [1.807, 2.05) is 42.6 Å². The van der Waals surface area contributed by atoms with E-state index in [9.17, 15) is 0 Å². The molecule has 0 atom stereocenters. The lowest BCUT2D eigenvalue weighted by atomic mass is 10.2. The first-order chi connectivity index (χ1) is 10.9. The number of aromatic nitrogens is 1. The average molecular weight is 333 g/mol. The van der Waals surface area contributed by atoms with Gasteiger partial charge in [0, 0.05) is 19.3 Å². The number of hydrazone groups is 1. The van der Waals surface area contributed by atoms with Crippen LogP contribution in [0.15, 0.2) is 53.8 Å². The summed E-state index contributed by atoms with van der Waals surface area (Å²) in [7, 11) is 1.71. The van der Waals surface area contributed by atoms with E-state index >= 15 is 0 Å². The molecule has 0 N–H and O–H groups in total. The number of hydrogen-bond acceptors (Lipinski definition) is 5. The van der Waals surface area contributed by atoms with Crippen LogP contribution in [0.4, 0.5) is 5.69 Å². The molecular weight excluding hydrogens is 312 g/mol. The Morgan fingerprint density at radius 1 is 1.04 bits per heavy atom. The van der Waals surface area contributed by atoms with Crippen molar-refractivity contribution in [2.75, 3.05) is 38.2 Å². The van der Waals surface area contributed by atoms with Crippen LogP contribution in [0.2, 0.25) is 0 Å². The van der Waals surface area contributed by atoms with E-state index in [-0.39, 0.29) is 12.4 Å². The van der Waals surface area contributed by atoms with Gasteiger partial charge in [0.1, 0.15) is 5.75 Å². The molecule has 0 bridgehead atoms. The summed E-state index contributed by atoms with van der Waals surface area (Å²) in [5, 5.41) is 6.60. The third-order valence-electron chi connectivity index (χ3n) is 3.72. The van der Waals surface area contributed by atoms with Crippen LogP contribution < -0.4 is 9.64 Å². The van der Waals surface area contributed by atoms with Gasteiger partial charge in [0.05, 0.1) is 37.8 Å². The maximum absolute atomic E-state index is 5.44. The van der Waals surface area contributed by atoms with E-state index in [1.165, 1.54) is 0 Å². The zero-order valence-electron chi connectivity index (χ0n) is 13.1. The summed E-state index contributed by atoms with van der Waals surface area (Å²) in [6.45, 7) is 3.64. The highest BCUT2D eigenvalue weighted by Crippen LogP contribution is 2.28. The van der Waals surface area contributed by atoms with Gasteiger partial charge in [0.15, 0.2) is 0 Å². The molecule has 122 valence electrons. The molecule has 2 heterocycles. The molecule has 3 rings (SSSR count). The Morgan fingerprint density at radius 2 is 1.78 bits per heavy atom. The standard InChI is InChI=1S/C17H20N4O.ClH/c1-22-17-8-3-2-7-16(17)20-10-12-21(13-11-20)19-14-15-6-4-5-9-18-15;/h2-9,14H,10-13H2,1H3;1H/b19-14+;. The molecule has 1 aliphatic rings. The molecule has 2 aromatic rings. The zero-order chi connectivity index (χ0) is 15.2. The van der Waals surface area contributed by atoms with E-state index in [4.69, 9.17) is 4.74 Å². The molecule has 5 nitrogen and oxygen atoms in total. The second-order valence-electron chi connectivity index (χ2n) is 5.11. The van der Waals surface area contributed by atoms with Crippen LogP contribution >= 0.6 is 12.4 Å². The van der Waals surface area contributed by atoms with E-state index in [1.54, 1.807) is 13.3 Å². The van der Waals surface area contributed by atoms with Crippen molar-refractivity contribution >= 4 is 24.3 Å². The Balaban J connectivity index is 0.00000192. The number of hydrogen-bond donors (Lipinski definition) is 0. The monoisotopic (exact) mass is 332 g/mol. The summed E-state index contributed by atoms with van der Waals surface area (Å²) in [5.41, 5.74) is 2.04. The van der Waals surface area contributed by atoms with E-state index in [0.29, 0.717) is 0 Å². The van der Waals surface area contributed by atoms with Crippen molar-refractivity contribution in [1.82, 2.24) is 9.99 Å². The number of methoxy groups -OCH3 is 1. The average Bonchev–Trinajstić information content (AvgIpc) is 2.61. The largest absolute Gasteiger partial charge is 0.495 e. The minimum absolute atomic E-state index is 0. The number of pyridine rings is 1. The number of piperazine rings is 1. The SMILES string of the molecule is COc1ccccc1N1CCN(/N=C/c2ccccn2)CC1.Cl. The van der Waals surface area contributed by atoms with Crippen molar-refractivity contribution in [2.45, 2.75) is 0 Å². The van der Waals surface area contributed by atoms with Gasteiger partial charge < -0.3 is 9.64 Å². The lowest BCUT2D eigenvalue weighted by molar-refractivity contribution is 0.271. The topological polar surface area (TPSA) is 41.0 Å². The third-order valence-corrected chi connectivity index (χ3v) is 3.72. The summed E-state index contributed by atoms with van der Waals surface area (Å²) in [5.74, 6) is 0.924. The van der Waals surface area contributed by atoms with Gasteiger partial charge >= 0.3 is 0 Å². The van der Waals surface area contributed by atoms with Gasteiger partial charge in [-0.3, -0.25) is 9.99 Å². The molecule has 0 radical (unpaired) electrons. The summed E-state index contributed by atoms with van der Waals surface area (Å²) >= 11 is 0. The Bertz CT molecular complexity index is 628. The fraction of sp³-hybridized carbons (Fsp3) is 0.294.